The van der Waals surface area contributed by atoms with E-state index in [0.29, 0.717) is 0 Å². The van der Waals surface area contributed by atoms with Crippen LogP contribution in [-0.4, -0.2) is 0 Å². The molecule has 0 aliphatic carbocycles. The maximum Gasteiger partial charge on any atom is 0.143 e. The number of benzene rings is 10. The smallest absolute Gasteiger partial charge is 0.143 e. The van der Waals surface area contributed by atoms with E-state index in [4.69, 9.17) is 17.7 Å². The van der Waals surface area contributed by atoms with Crippen LogP contribution in [0.4, 0.5) is 34.1 Å². The molecule has 0 unspecified atom stereocenters. The predicted octanol–water partition coefficient (Wildman–Crippen LogP) is 17.4. The van der Waals surface area contributed by atoms with E-state index >= 15 is 0 Å². The SMILES string of the molecule is c1ccc(N(c2ccc3oc4ccccc4c3c2)c2ccc3oc4c(ccc5c4ccc4c6cc(N(c7ccccc7)c7ccc8oc9ccccc9c8c7)ccc6oc45)c3c2)cc1. The van der Waals surface area contributed by atoms with Crippen LogP contribution in [0.1, 0.15) is 0 Å². The molecule has 0 bridgehead atoms. The molecule has 0 aliphatic rings. The van der Waals surface area contributed by atoms with E-state index in [2.05, 4.69) is 180 Å². The average molecular weight is 823 g/mol. The second-order valence-corrected chi connectivity index (χ2v) is 16.4. The minimum absolute atomic E-state index is 0.826. The van der Waals surface area contributed by atoms with Crippen molar-refractivity contribution < 1.29 is 17.7 Å². The van der Waals surface area contributed by atoms with Crippen molar-refractivity contribution in [2.75, 3.05) is 9.80 Å². The molecule has 0 spiro atoms. The van der Waals surface area contributed by atoms with Crippen molar-refractivity contribution in [1.29, 1.82) is 0 Å². The highest BCUT2D eigenvalue weighted by molar-refractivity contribution is 6.23. The van der Waals surface area contributed by atoms with Gasteiger partial charge in [-0.1, -0.05) is 72.8 Å². The summed E-state index contributed by atoms with van der Waals surface area (Å²) >= 11 is 0. The average Bonchev–Trinajstić information content (AvgIpc) is 4.12. The van der Waals surface area contributed by atoms with Gasteiger partial charge in [-0.25, -0.2) is 0 Å². The molecule has 0 radical (unpaired) electrons. The molecular formula is C58H34N2O4. The molecule has 0 saturated carbocycles. The van der Waals surface area contributed by atoms with Gasteiger partial charge in [-0.3, -0.25) is 0 Å². The first-order valence-corrected chi connectivity index (χ1v) is 21.5. The second kappa shape index (κ2) is 13.4. The lowest BCUT2D eigenvalue weighted by Crippen LogP contribution is -2.09. The molecule has 0 fully saturated rings. The Morgan fingerprint density at radius 2 is 0.500 bits per heavy atom. The Morgan fingerprint density at radius 1 is 0.203 bits per heavy atom. The van der Waals surface area contributed by atoms with Crippen LogP contribution in [0.5, 0.6) is 0 Å². The molecule has 6 heteroatoms. The van der Waals surface area contributed by atoms with Gasteiger partial charge in [0.2, 0.25) is 0 Å². The van der Waals surface area contributed by atoms with Gasteiger partial charge in [-0.2, -0.15) is 0 Å². The lowest BCUT2D eigenvalue weighted by Gasteiger charge is -2.25. The normalized spacial score (nSPS) is 12.1. The third kappa shape index (κ3) is 5.20. The Labute approximate surface area is 364 Å². The molecule has 0 aliphatic heterocycles. The Morgan fingerprint density at radius 3 is 0.891 bits per heavy atom. The van der Waals surface area contributed by atoms with Crippen LogP contribution in [0.2, 0.25) is 0 Å². The summed E-state index contributed by atoms with van der Waals surface area (Å²) in [6.07, 6.45) is 0. The second-order valence-electron chi connectivity index (χ2n) is 16.4. The summed E-state index contributed by atoms with van der Waals surface area (Å²) in [7, 11) is 0. The number of hydrogen-bond acceptors (Lipinski definition) is 6. The lowest BCUT2D eigenvalue weighted by atomic mass is 10.0. The highest BCUT2D eigenvalue weighted by Crippen LogP contribution is 2.45. The van der Waals surface area contributed by atoms with Crippen LogP contribution >= 0.6 is 0 Å². The van der Waals surface area contributed by atoms with Crippen molar-refractivity contribution in [2.24, 2.45) is 0 Å². The molecule has 6 nitrogen and oxygen atoms in total. The van der Waals surface area contributed by atoms with E-state index in [1.54, 1.807) is 0 Å². The minimum atomic E-state index is 0.826. The van der Waals surface area contributed by atoms with Crippen molar-refractivity contribution in [2.45, 2.75) is 0 Å². The predicted molar refractivity (Wildman–Crippen MR) is 262 cm³/mol. The maximum absolute atomic E-state index is 6.74. The third-order valence-corrected chi connectivity index (χ3v) is 12.8. The molecule has 0 atom stereocenters. The van der Waals surface area contributed by atoms with Crippen LogP contribution in [0.25, 0.3) is 98.5 Å². The largest absolute Gasteiger partial charge is 0.456 e. The van der Waals surface area contributed by atoms with Crippen molar-refractivity contribution >= 4 is 133 Å². The zero-order valence-electron chi connectivity index (χ0n) is 34.2. The fourth-order valence-electron chi connectivity index (χ4n) is 9.88. The number of rotatable bonds is 6. The molecule has 300 valence electrons. The van der Waals surface area contributed by atoms with E-state index in [-0.39, 0.29) is 0 Å². The lowest BCUT2D eigenvalue weighted by molar-refractivity contribution is 0.668. The quantitative estimate of drug-likeness (QED) is 0.166. The first-order chi connectivity index (χ1) is 31.7. The fraction of sp³-hybridized carbons (Fsp3) is 0. The first-order valence-electron chi connectivity index (χ1n) is 21.5. The van der Waals surface area contributed by atoms with E-state index in [1.165, 1.54) is 0 Å². The monoisotopic (exact) mass is 822 g/mol. The third-order valence-electron chi connectivity index (χ3n) is 12.8. The number of nitrogens with zero attached hydrogens (tertiary/aromatic N) is 2. The van der Waals surface area contributed by atoms with E-state index in [1.807, 2.05) is 36.4 Å². The van der Waals surface area contributed by atoms with Crippen LogP contribution in [0, 0.1) is 0 Å². The topological polar surface area (TPSA) is 59.0 Å². The van der Waals surface area contributed by atoms with Crippen molar-refractivity contribution in [1.82, 2.24) is 0 Å². The van der Waals surface area contributed by atoms with Crippen LogP contribution < -0.4 is 9.80 Å². The van der Waals surface area contributed by atoms with Gasteiger partial charge in [0, 0.05) is 88.0 Å². The number of fused-ring (bicyclic) bond motifs is 15. The van der Waals surface area contributed by atoms with E-state index in [9.17, 15) is 0 Å². The van der Waals surface area contributed by atoms with Crippen LogP contribution in [0.15, 0.2) is 224 Å². The standard InChI is InChI=1S/C58H34N2O4/c1-3-11-35(12-4-1)59(37-19-27-53-47(31-37)41-15-7-9-17-51(41)61-53)39-21-29-55-49(33-39)45-25-23-44-43(57(45)63-55)24-26-46-50-34-40(22-30-56(50)64-58(44)46)60(36-13-5-2-6-14-36)38-20-28-54-48(32-38)42-16-8-10-18-52(42)62-54/h1-34H. The van der Waals surface area contributed by atoms with Crippen molar-refractivity contribution in [3.05, 3.63) is 206 Å². The van der Waals surface area contributed by atoms with Gasteiger partial charge in [-0.05, 0) is 133 Å². The zero-order valence-corrected chi connectivity index (χ0v) is 34.2. The summed E-state index contributed by atoms with van der Waals surface area (Å²) in [6.45, 7) is 0. The fourth-order valence-corrected chi connectivity index (χ4v) is 9.88. The summed E-state index contributed by atoms with van der Waals surface area (Å²) in [6, 6.07) is 71.9. The molecule has 64 heavy (non-hydrogen) atoms. The molecule has 0 saturated heterocycles. The van der Waals surface area contributed by atoms with Gasteiger partial charge in [0.15, 0.2) is 0 Å². The summed E-state index contributed by atoms with van der Waals surface area (Å²) in [4.78, 5) is 4.59. The molecule has 4 aromatic heterocycles. The van der Waals surface area contributed by atoms with Gasteiger partial charge < -0.3 is 27.5 Å². The van der Waals surface area contributed by atoms with Crippen LogP contribution in [0.3, 0.4) is 0 Å². The Hall–Kier alpha value is -8.74. The van der Waals surface area contributed by atoms with E-state index < -0.39 is 0 Å². The number of para-hydroxylation sites is 4. The highest BCUT2D eigenvalue weighted by Gasteiger charge is 2.21. The molecule has 14 aromatic rings. The Balaban J connectivity index is 0.895. The first kappa shape index (κ1) is 34.9. The Kier molecular flexibility index (Phi) is 7.30. The van der Waals surface area contributed by atoms with Gasteiger partial charge in [-0.15, -0.1) is 0 Å². The van der Waals surface area contributed by atoms with E-state index in [0.717, 1.165) is 133 Å². The van der Waals surface area contributed by atoms with Crippen molar-refractivity contribution in [3.8, 4) is 0 Å². The number of furan rings is 4. The van der Waals surface area contributed by atoms with Crippen LogP contribution in [-0.2, 0) is 0 Å². The summed E-state index contributed by atoms with van der Waals surface area (Å²) < 4.78 is 25.9. The number of hydrogen-bond donors (Lipinski definition) is 0. The summed E-state index contributed by atoms with van der Waals surface area (Å²) in [5.41, 5.74) is 13.1. The summed E-state index contributed by atoms with van der Waals surface area (Å²) in [5.74, 6) is 0. The zero-order chi connectivity index (χ0) is 41.9. The van der Waals surface area contributed by atoms with Gasteiger partial charge in [0.25, 0.3) is 0 Å². The molecule has 14 rings (SSSR count). The van der Waals surface area contributed by atoms with Gasteiger partial charge in [0.05, 0.1) is 0 Å². The van der Waals surface area contributed by atoms with Crippen molar-refractivity contribution in [3.63, 3.8) is 0 Å². The maximum atomic E-state index is 6.74. The molecule has 10 aromatic carbocycles. The Bertz CT molecular complexity index is 3890. The number of anilines is 6. The summed E-state index contributed by atoms with van der Waals surface area (Å²) in [5, 5.41) is 10.6. The highest BCUT2D eigenvalue weighted by atomic mass is 16.3. The molecular weight excluding hydrogens is 789 g/mol. The van der Waals surface area contributed by atoms with Gasteiger partial charge >= 0.3 is 0 Å². The molecule has 4 heterocycles. The van der Waals surface area contributed by atoms with Gasteiger partial charge in [0.1, 0.15) is 44.7 Å². The molecule has 0 amide bonds. The minimum Gasteiger partial charge on any atom is -0.456 e. The molecule has 0 N–H and O–H groups in total.